The average molecular weight is 250 g/mol. The van der Waals surface area contributed by atoms with Gasteiger partial charge in [-0.05, 0) is 24.6 Å². The van der Waals surface area contributed by atoms with Crippen molar-refractivity contribution in [2.45, 2.75) is 19.9 Å². The maximum Gasteiger partial charge on any atom is 0.229 e. The average Bonchev–Trinajstić information content (AvgIpc) is 2.78. The molecule has 2 rings (SSSR count). The van der Waals surface area contributed by atoms with Gasteiger partial charge in [0.15, 0.2) is 0 Å². The van der Waals surface area contributed by atoms with Gasteiger partial charge in [-0.1, -0.05) is 18.5 Å². The van der Waals surface area contributed by atoms with Crippen LogP contribution in [0.3, 0.4) is 0 Å². The van der Waals surface area contributed by atoms with Gasteiger partial charge < -0.3 is 0 Å². The van der Waals surface area contributed by atoms with Crippen molar-refractivity contribution >= 4 is 17.4 Å². The first-order valence-corrected chi connectivity index (χ1v) is 5.78. The van der Waals surface area contributed by atoms with Crippen LogP contribution in [0.2, 0.25) is 5.02 Å². The number of hydrogen-bond acceptors (Lipinski definition) is 3. The summed E-state index contributed by atoms with van der Waals surface area (Å²) in [5.74, 6) is -0.132. The minimum absolute atomic E-state index is 0.132. The van der Waals surface area contributed by atoms with Crippen molar-refractivity contribution in [3.63, 3.8) is 0 Å². The lowest BCUT2D eigenvalue weighted by Gasteiger charge is -2.04. The van der Waals surface area contributed by atoms with Crippen molar-refractivity contribution in [1.82, 2.24) is 14.8 Å². The monoisotopic (exact) mass is 249 g/mol. The summed E-state index contributed by atoms with van der Waals surface area (Å²) in [4.78, 5) is 16.2. The number of rotatable bonds is 4. The predicted molar refractivity (Wildman–Crippen MR) is 65.2 cm³/mol. The summed E-state index contributed by atoms with van der Waals surface area (Å²) in [6, 6.07) is 4.98. The molecule has 0 saturated heterocycles. The molecule has 17 heavy (non-hydrogen) atoms. The summed E-state index contributed by atoms with van der Waals surface area (Å²) < 4.78 is 1.69. The smallest absolute Gasteiger partial charge is 0.229 e. The van der Waals surface area contributed by atoms with Gasteiger partial charge in [0, 0.05) is 18.9 Å². The van der Waals surface area contributed by atoms with E-state index in [2.05, 4.69) is 10.1 Å². The molecular weight excluding hydrogens is 238 g/mol. The summed E-state index contributed by atoms with van der Waals surface area (Å²) in [6.07, 6.45) is 4.02. The molecule has 88 valence electrons. The second-order valence-electron chi connectivity index (χ2n) is 3.63. The zero-order chi connectivity index (χ0) is 12.3. The molecule has 0 N–H and O–H groups in total. The van der Waals surface area contributed by atoms with Gasteiger partial charge in [-0.25, -0.2) is 0 Å². The van der Waals surface area contributed by atoms with Gasteiger partial charge in [-0.3, -0.25) is 14.5 Å². The molecule has 0 fully saturated rings. The molecule has 5 heteroatoms. The third-order valence-corrected chi connectivity index (χ3v) is 2.57. The van der Waals surface area contributed by atoms with Gasteiger partial charge in [0.1, 0.15) is 11.4 Å². The number of hydrogen-bond donors (Lipinski definition) is 0. The van der Waals surface area contributed by atoms with E-state index < -0.39 is 0 Å². The van der Waals surface area contributed by atoms with Gasteiger partial charge >= 0.3 is 0 Å². The summed E-state index contributed by atoms with van der Waals surface area (Å²) in [5, 5.41) is 4.63. The Morgan fingerprint density at radius 2 is 2.24 bits per heavy atom. The predicted octanol–water partition coefficient (Wildman–Crippen LogP) is 2.57. The molecule has 0 spiro atoms. The van der Waals surface area contributed by atoms with Crippen molar-refractivity contribution in [3.8, 4) is 0 Å². The number of pyridine rings is 1. The Labute approximate surface area is 104 Å². The first-order chi connectivity index (χ1) is 8.22. The maximum absolute atomic E-state index is 12.1. The normalized spacial score (nSPS) is 10.5. The maximum atomic E-state index is 12.1. The largest absolute Gasteiger partial charge is 0.285 e. The molecule has 0 amide bonds. The Kier molecular flexibility index (Phi) is 3.54. The highest BCUT2D eigenvalue weighted by atomic mass is 35.5. The third-order valence-electron chi connectivity index (χ3n) is 2.34. The van der Waals surface area contributed by atoms with Crippen LogP contribution in [0, 0.1) is 0 Å². The van der Waals surface area contributed by atoms with Crippen LogP contribution < -0.4 is 0 Å². The zero-order valence-electron chi connectivity index (χ0n) is 9.43. The SMILES string of the molecule is CCCn1nccc1C(=O)c1ccc(Cl)cn1. The van der Waals surface area contributed by atoms with E-state index in [1.165, 1.54) is 6.20 Å². The highest BCUT2D eigenvalue weighted by Crippen LogP contribution is 2.11. The molecule has 0 aromatic carbocycles. The molecule has 2 aromatic heterocycles. The molecule has 2 heterocycles. The zero-order valence-corrected chi connectivity index (χ0v) is 10.2. The number of nitrogens with zero attached hydrogens (tertiary/aromatic N) is 3. The summed E-state index contributed by atoms with van der Waals surface area (Å²) >= 11 is 5.73. The molecule has 0 bridgehead atoms. The molecule has 0 aliphatic carbocycles. The molecule has 2 aromatic rings. The lowest BCUT2D eigenvalue weighted by molar-refractivity contribution is 0.102. The Bertz CT molecular complexity index is 519. The number of ketones is 1. The van der Waals surface area contributed by atoms with Gasteiger partial charge in [0.2, 0.25) is 5.78 Å². The van der Waals surface area contributed by atoms with Crippen LogP contribution >= 0.6 is 11.6 Å². The Hall–Kier alpha value is -1.68. The van der Waals surface area contributed by atoms with Crippen LogP contribution in [-0.4, -0.2) is 20.5 Å². The lowest BCUT2D eigenvalue weighted by Crippen LogP contribution is -2.12. The van der Waals surface area contributed by atoms with Crippen molar-refractivity contribution in [3.05, 3.63) is 47.0 Å². The van der Waals surface area contributed by atoms with E-state index in [9.17, 15) is 4.79 Å². The van der Waals surface area contributed by atoms with Crippen molar-refractivity contribution < 1.29 is 4.79 Å². The van der Waals surface area contributed by atoms with Crippen LogP contribution in [0.1, 0.15) is 29.5 Å². The minimum Gasteiger partial charge on any atom is -0.285 e. The quantitative estimate of drug-likeness (QED) is 0.783. The Morgan fingerprint density at radius 3 is 2.88 bits per heavy atom. The van der Waals surface area contributed by atoms with E-state index in [4.69, 9.17) is 11.6 Å². The van der Waals surface area contributed by atoms with E-state index in [-0.39, 0.29) is 5.78 Å². The number of carbonyl (C=O) groups excluding carboxylic acids is 1. The summed E-state index contributed by atoms with van der Waals surface area (Å²) in [7, 11) is 0. The van der Waals surface area contributed by atoms with E-state index in [1.54, 1.807) is 29.1 Å². The highest BCUT2D eigenvalue weighted by Gasteiger charge is 2.14. The van der Waals surface area contributed by atoms with Crippen LogP contribution in [0.25, 0.3) is 0 Å². The molecule has 0 saturated carbocycles. The fraction of sp³-hybridized carbons (Fsp3) is 0.250. The number of halogens is 1. The summed E-state index contributed by atoms with van der Waals surface area (Å²) in [5.41, 5.74) is 0.939. The Morgan fingerprint density at radius 1 is 1.41 bits per heavy atom. The second-order valence-corrected chi connectivity index (χ2v) is 4.07. The standard InChI is InChI=1S/C12H12ClN3O/c1-2-7-16-11(5-6-15-16)12(17)10-4-3-9(13)8-14-10/h3-6,8H,2,7H2,1H3. The van der Waals surface area contributed by atoms with Crippen LogP contribution in [0.15, 0.2) is 30.6 Å². The van der Waals surface area contributed by atoms with Gasteiger partial charge in [0.05, 0.1) is 5.02 Å². The van der Waals surface area contributed by atoms with Crippen molar-refractivity contribution in [2.24, 2.45) is 0 Å². The topological polar surface area (TPSA) is 47.8 Å². The molecule has 0 unspecified atom stereocenters. The summed E-state index contributed by atoms with van der Waals surface area (Å²) in [6.45, 7) is 2.76. The number of aryl methyl sites for hydroxylation is 1. The molecular formula is C12H12ClN3O. The third kappa shape index (κ3) is 2.53. The highest BCUT2D eigenvalue weighted by molar-refractivity contribution is 6.30. The second kappa shape index (κ2) is 5.10. The number of carbonyl (C=O) groups is 1. The first-order valence-electron chi connectivity index (χ1n) is 5.40. The number of aromatic nitrogens is 3. The molecule has 4 nitrogen and oxygen atoms in total. The fourth-order valence-electron chi connectivity index (χ4n) is 1.56. The van der Waals surface area contributed by atoms with Gasteiger partial charge in [-0.15, -0.1) is 0 Å². The Balaban J connectivity index is 2.30. The van der Waals surface area contributed by atoms with Crippen LogP contribution in [-0.2, 0) is 6.54 Å². The van der Waals surface area contributed by atoms with Gasteiger partial charge in [-0.2, -0.15) is 5.10 Å². The van der Waals surface area contributed by atoms with E-state index in [0.717, 1.165) is 13.0 Å². The molecule has 0 aliphatic heterocycles. The van der Waals surface area contributed by atoms with Gasteiger partial charge in [0.25, 0.3) is 0 Å². The first kappa shape index (κ1) is 11.8. The fourth-order valence-corrected chi connectivity index (χ4v) is 1.67. The van der Waals surface area contributed by atoms with E-state index in [1.807, 2.05) is 6.92 Å². The van der Waals surface area contributed by atoms with E-state index in [0.29, 0.717) is 16.4 Å². The van der Waals surface area contributed by atoms with E-state index >= 15 is 0 Å². The van der Waals surface area contributed by atoms with Crippen LogP contribution in [0.5, 0.6) is 0 Å². The van der Waals surface area contributed by atoms with Crippen molar-refractivity contribution in [2.75, 3.05) is 0 Å². The molecule has 0 radical (unpaired) electrons. The van der Waals surface area contributed by atoms with Crippen LogP contribution in [0.4, 0.5) is 0 Å². The van der Waals surface area contributed by atoms with Crippen molar-refractivity contribution in [1.29, 1.82) is 0 Å². The minimum atomic E-state index is -0.132. The molecule has 0 aliphatic rings. The molecule has 0 atom stereocenters. The lowest BCUT2D eigenvalue weighted by atomic mass is 10.2.